The molecule has 4 nitrogen and oxygen atoms in total. The van der Waals surface area contributed by atoms with E-state index < -0.39 is 0 Å². The van der Waals surface area contributed by atoms with Crippen LogP contribution in [0.1, 0.15) is 16.7 Å². The van der Waals surface area contributed by atoms with Crippen molar-refractivity contribution >= 4 is 40.3 Å². The number of hydrogen-bond donors (Lipinski definition) is 0. The highest BCUT2D eigenvalue weighted by Gasteiger charge is 2.32. The largest absolute Gasteiger partial charge is 0.293 e. The zero-order valence-electron chi connectivity index (χ0n) is 18.7. The number of thioether (sulfide) groups is 1. The van der Waals surface area contributed by atoms with Gasteiger partial charge in [-0.3, -0.25) is 9.69 Å². The van der Waals surface area contributed by atoms with Gasteiger partial charge in [-0.15, -0.1) is 0 Å². The van der Waals surface area contributed by atoms with E-state index in [0.717, 1.165) is 28.9 Å². The summed E-state index contributed by atoms with van der Waals surface area (Å²) in [5.41, 5.74) is 6.06. The van der Waals surface area contributed by atoms with Crippen LogP contribution in [0.2, 0.25) is 0 Å². The van der Waals surface area contributed by atoms with Crippen molar-refractivity contribution < 1.29 is 4.79 Å². The highest BCUT2D eigenvalue weighted by Crippen LogP contribution is 2.35. The molecule has 168 valence electrons. The van der Waals surface area contributed by atoms with Crippen LogP contribution in [0.15, 0.2) is 96.0 Å². The number of hydrogen-bond acceptors (Lipinski definition) is 4. The number of rotatable bonds is 6. The number of aryl methyl sites for hydroxylation is 1. The van der Waals surface area contributed by atoms with E-state index in [4.69, 9.17) is 17.3 Å². The van der Waals surface area contributed by atoms with Crippen molar-refractivity contribution in [3.05, 3.63) is 113 Å². The molecular formula is C28H23N3OS2. The lowest BCUT2D eigenvalue weighted by atomic mass is 10.1. The maximum atomic E-state index is 13.2. The SMILES string of the molecule is Cc1ccc(-c2nn(-c3ccccc3)cc2/C=C2\SC(=S)N(CCc3ccccc3)C2=O)cc1. The molecule has 1 fully saturated rings. The fourth-order valence-corrected chi connectivity index (χ4v) is 5.16. The van der Waals surface area contributed by atoms with Crippen LogP contribution < -0.4 is 0 Å². The molecule has 0 bridgehead atoms. The summed E-state index contributed by atoms with van der Waals surface area (Å²) in [7, 11) is 0. The number of aromatic nitrogens is 2. The van der Waals surface area contributed by atoms with Crippen molar-refractivity contribution in [3.63, 3.8) is 0 Å². The van der Waals surface area contributed by atoms with Gasteiger partial charge in [-0.2, -0.15) is 5.10 Å². The average Bonchev–Trinajstić information content (AvgIpc) is 3.40. The minimum Gasteiger partial charge on any atom is -0.293 e. The lowest BCUT2D eigenvalue weighted by molar-refractivity contribution is -0.122. The van der Waals surface area contributed by atoms with Crippen LogP contribution in [-0.4, -0.2) is 31.5 Å². The zero-order valence-corrected chi connectivity index (χ0v) is 20.4. The molecule has 1 saturated heterocycles. The summed E-state index contributed by atoms with van der Waals surface area (Å²) < 4.78 is 2.46. The molecule has 1 aromatic heterocycles. The standard InChI is InChI=1S/C28H23N3OS2/c1-20-12-14-22(15-13-20)26-23(19-31(29-26)24-10-6-3-7-11-24)18-25-27(32)30(28(33)34-25)17-16-21-8-4-2-5-9-21/h2-15,18-19H,16-17H2,1H3/b25-18-. The smallest absolute Gasteiger partial charge is 0.266 e. The summed E-state index contributed by atoms with van der Waals surface area (Å²) in [6.45, 7) is 2.63. The van der Waals surface area contributed by atoms with Gasteiger partial charge in [0.05, 0.1) is 16.3 Å². The second kappa shape index (κ2) is 9.79. The van der Waals surface area contributed by atoms with Gasteiger partial charge in [-0.1, -0.05) is 102 Å². The number of carbonyl (C=O) groups is 1. The van der Waals surface area contributed by atoms with Crippen LogP contribution in [0.3, 0.4) is 0 Å². The Morgan fingerprint density at radius 2 is 1.62 bits per heavy atom. The Hall–Kier alpha value is -3.48. The third-order valence-electron chi connectivity index (χ3n) is 5.72. The van der Waals surface area contributed by atoms with Gasteiger partial charge in [0.2, 0.25) is 0 Å². The molecule has 0 atom stereocenters. The second-order valence-corrected chi connectivity index (χ2v) is 9.82. The number of carbonyl (C=O) groups excluding carboxylic acids is 1. The van der Waals surface area contributed by atoms with Crippen LogP contribution >= 0.6 is 24.0 Å². The van der Waals surface area contributed by atoms with E-state index in [1.807, 2.05) is 65.5 Å². The first-order valence-electron chi connectivity index (χ1n) is 11.1. The van der Waals surface area contributed by atoms with Crippen LogP contribution in [0, 0.1) is 6.92 Å². The van der Waals surface area contributed by atoms with E-state index in [9.17, 15) is 4.79 Å². The highest BCUT2D eigenvalue weighted by atomic mass is 32.2. The van der Waals surface area contributed by atoms with Gasteiger partial charge in [-0.25, -0.2) is 4.68 Å². The van der Waals surface area contributed by atoms with Crippen molar-refractivity contribution in [1.29, 1.82) is 0 Å². The lowest BCUT2D eigenvalue weighted by Crippen LogP contribution is -2.30. The van der Waals surface area contributed by atoms with Crippen molar-refractivity contribution in [1.82, 2.24) is 14.7 Å². The third kappa shape index (κ3) is 4.74. The molecule has 1 aliphatic heterocycles. The fraction of sp³-hybridized carbons (Fsp3) is 0.107. The van der Waals surface area contributed by atoms with Gasteiger partial charge in [0.25, 0.3) is 5.91 Å². The van der Waals surface area contributed by atoms with E-state index in [1.165, 1.54) is 22.9 Å². The van der Waals surface area contributed by atoms with Gasteiger partial charge < -0.3 is 0 Å². The molecule has 1 amide bonds. The number of para-hydroxylation sites is 1. The van der Waals surface area contributed by atoms with Crippen molar-refractivity contribution in [3.8, 4) is 16.9 Å². The summed E-state index contributed by atoms with van der Waals surface area (Å²) in [6.07, 6.45) is 4.66. The normalized spacial score (nSPS) is 14.9. The summed E-state index contributed by atoms with van der Waals surface area (Å²) in [4.78, 5) is 15.6. The Kier molecular flexibility index (Phi) is 6.43. The summed E-state index contributed by atoms with van der Waals surface area (Å²) in [5, 5.41) is 4.87. The van der Waals surface area contributed by atoms with Crippen LogP contribution in [0.4, 0.5) is 0 Å². The number of benzene rings is 3. The van der Waals surface area contributed by atoms with Crippen molar-refractivity contribution in [2.24, 2.45) is 0 Å². The molecule has 0 aliphatic carbocycles. The van der Waals surface area contributed by atoms with Crippen LogP contribution in [0.5, 0.6) is 0 Å². The Labute approximate surface area is 208 Å². The first kappa shape index (κ1) is 22.3. The van der Waals surface area contributed by atoms with E-state index in [1.54, 1.807) is 4.90 Å². The maximum absolute atomic E-state index is 13.2. The van der Waals surface area contributed by atoms with Gasteiger partial charge in [0.1, 0.15) is 4.32 Å². The van der Waals surface area contributed by atoms with Crippen LogP contribution in [0.25, 0.3) is 23.0 Å². The second-order valence-electron chi connectivity index (χ2n) is 8.15. The molecule has 2 heterocycles. The highest BCUT2D eigenvalue weighted by molar-refractivity contribution is 8.26. The number of thiocarbonyl (C=S) groups is 1. The maximum Gasteiger partial charge on any atom is 0.266 e. The minimum atomic E-state index is -0.0479. The Morgan fingerprint density at radius 3 is 2.32 bits per heavy atom. The molecule has 0 unspecified atom stereocenters. The van der Waals surface area contributed by atoms with Gasteiger partial charge >= 0.3 is 0 Å². The number of amides is 1. The Bertz CT molecular complexity index is 1360. The Balaban J connectivity index is 1.47. The molecule has 34 heavy (non-hydrogen) atoms. The molecule has 0 radical (unpaired) electrons. The quantitative estimate of drug-likeness (QED) is 0.240. The molecule has 1 aliphatic rings. The summed E-state index contributed by atoms with van der Waals surface area (Å²) in [6, 6.07) is 28.4. The topological polar surface area (TPSA) is 38.1 Å². The fourth-order valence-electron chi connectivity index (χ4n) is 3.86. The molecule has 0 saturated carbocycles. The van der Waals surface area contributed by atoms with Crippen LogP contribution in [-0.2, 0) is 11.2 Å². The van der Waals surface area contributed by atoms with Crippen molar-refractivity contribution in [2.45, 2.75) is 13.3 Å². The zero-order chi connectivity index (χ0) is 23.5. The monoisotopic (exact) mass is 481 g/mol. The van der Waals surface area contributed by atoms with E-state index in [0.29, 0.717) is 15.8 Å². The lowest BCUT2D eigenvalue weighted by Gasteiger charge is -2.14. The molecule has 0 N–H and O–H groups in total. The first-order chi connectivity index (χ1) is 16.6. The molecule has 3 aromatic carbocycles. The number of nitrogens with zero attached hydrogens (tertiary/aromatic N) is 3. The molecule has 0 spiro atoms. The first-order valence-corrected chi connectivity index (χ1v) is 12.3. The summed E-state index contributed by atoms with van der Waals surface area (Å²) >= 11 is 6.91. The predicted octanol–water partition coefficient (Wildman–Crippen LogP) is 6.29. The van der Waals surface area contributed by atoms with Gasteiger partial charge in [0.15, 0.2) is 0 Å². The van der Waals surface area contributed by atoms with E-state index in [2.05, 4.69) is 43.3 Å². The average molecular weight is 482 g/mol. The molecular weight excluding hydrogens is 458 g/mol. The predicted molar refractivity (Wildman–Crippen MR) is 144 cm³/mol. The molecule has 5 rings (SSSR count). The molecule has 4 aromatic rings. The third-order valence-corrected chi connectivity index (χ3v) is 7.09. The summed E-state index contributed by atoms with van der Waals surface area (Å²) in [5.74, 6) is -0.0479. The van der Waals surface area contributed by atoms with E-state index >= 15 is 0 Å². The van der Waals surface area contributed by atoms with E-state index in [-0.39, 0.29) is 5.91 Å². The van der Waals surface area contributed by atoms with Gasteiger partial charge in [-0.05, 0) is 37.1 Å². The minimum absolute atomic E-state index is 0.0479. The van der Waals surface area contributed by atoms with Crippen molar-refractivity contribution in [2.75, 3.05) is 6.54 Å². The molecule has 6 heteroatoms. The van der Waals surface area contributed by atoms with Gasteiger partial charge in [0, 0.05) is 23.9 Å². The Morgan fingerprint density at radius 1 is 0.941 bits per heavy atom.